The number of hydrogen-bond donors (Lipinski definition) is 0. The summed E-state index contributed by atoms with van der Waals surface area (Å²) in [5.41, 5.74) is 0.591. The predicted molar refractivity (Wildman–Crippen MR) is 67.1 cm³/mol. The fourth-order valence-electron chi connectivity index (χ4n) is 1.90. The fourth-order valence-corrected chi connectivity index (χ4v) is 1.90. The third kappa shape index (κ3) is 1.96. The van der Waals surface area contributed by atoms with Crippen LogP contribution in [0.4, 0.5) is 0 Å². The molecule has 0 saturated heterocycles. The Balaban J connectivity index is 2.78. The Morgan fingerprint density at radius 2 is 1.76 bits per heavy atom. The first-order valence-corrected chi connectivity index (χ1v) is 5.33. The van der Waals surface area contributed by atoms with E-state index in [1.54, 1.807) is 20.3 Å². The van der Waals surface area contributed by atoms with Crippen molar-refractivity contribution in [1.29, 1.82) is 0 Å². The molecule has 2 aromatic carbocycles. The van der Waals surface area contributed by atoms with Crippen LogP contribution in [0, 0.1) is 0 Å². The molecular weight excluding hydrogens is 216 g/mol. The summed E-state index contributed by atoms with van der Waals surface area (Å²) < 4.78 is 10.5. The van der Waals surface area contributed by atoms with Crippen molar-refractivity contribution in [2.75, 3.05) is 14.2 Å². The zero-order valence-corrected chi connectivity index (χ0v) is 10.1. The molecule has 0 amide bonds. The molecule has 0 unspecified atom stereocenters. The SMILES string of the molecule is COc1ccc2ccc(C(C)=O)c(OC)c2c1. The lowest BCUT2D eigenvalue weighted by Gasteiger charge is -2.10. The van der Waals surface area contributed by atoms with Crippen LogP contribution in [-0.2, 0) is 0 Å². The second kappa shape index (κ2) is 4.45. The highest BCUT2D eigenvalue weighted by Gasteiger charge is 2.12. The molecule has 0 aliphatic rings. The average Bonchev–Trinajstić information content (AvgIpc) is 2.36. The number of Topliss-reactive ketones (excluding diaryl/α,β-unsaturated/α-hetero) is 1. The lowest BCUT2D eigenvalue weighted by molar-refractivity contribution is 0.101. The summed E-state index contributed by atoms with van der Waals surface area (Å²) in [7, 11) is 3.18. The van der Waals surface area contributed by atoms with Crippen LogP contribution in [0.15, 0.2) is 30.3 Å². The highest BCUT2D eigenvalue weighted by Crippen LogP contribution is 2.32. The number of hydrogen-bond acceptors (Lipinski definition) is 3. The van der Waals surface area contributed by atoms with Crippen molar-refractivity contribution in [2.24, 2.45) is 0 Å². The number of rotatable bonds is 3. The van der Waals surface area contributed by atoms with E-state index in [2.05, 4.69) is 0 Å². The standard InChI is InChI=1S/C14H14O3/c1-9(15)12-7-5-10-4-6-11(16-2)8-13(10)14(12)17-3/h4-8H,1-3H3. The third-order valence-electron chi connectivity index (χ3n) is 2.76. The fraction of sp³-hybridized carbons (Fsp3) is 0.214. The molecular formula is C14H14O3. The van der Waals surface area contributed by atoms with Crippen molar-refractivity contribution >= 4 is 16.6 Å². The van der Waals surface area contributed by atoms with Gasteiger partial charge in [0, 0.05) is 5.39 Å². The van der Waals surface area contributed by atoms with Gasteiger partial charge < -0.3 is 9.47 Å². The van der Waals surface area contributed by atoms with E-state index in [1.807, 2.05) is 24.3 Å². The lowest BCUT2D eigenvalue weighted by Crippen LogP contribution is -1.98. The normalized spacial score (nSPS) is 10.3. The topological polar surface area (TPSA) is 35.5 Å². The lowest BCUT2D eigenvalue weighted by atomic mass is 10.0. The molecule has 0 fully saturated rings. The minimum absolute atomic E-state index is 0.00781. The molecule has 0 aliphatic carbocycles. The summed E-state index contributed by atoms with van der Waals surface area (Å²) in [6.45, 7) is 1.53. The highest BCUT2D eigenvalue weighted by atomic mass is 16.5. The van der Waals surface area contributed by atoms with Gasteiger partial charge in [0.1, 0.15) is 11.5 Å². The first-order valence-electron chi connectivity index (χ1n) is 5.33. The highest BCUT2D eigenvalue weighted by molar-refractivity contribution is 6.04. The minimum Gasteiger partial charge on any atom is -0.497 e. The van der Waals surface area contributed by atoms with Crippen molar-refractivity contribution in [1.82, 2.24) is 0 Å². The number of carbonyl (C=O) groups excluding carboxylic acids is 1. The maximum absolute atomic E-state index is 11.5. The first-order chi connectivity index (χ1) is 8.17. The molecule has 17 heavy (non-hydrogen) atoms. The van der Waals surface area contributed by atoms with Crippen LogP contribution >= 0.6 is 0 Å². The van der Waals surface area contributed by atoms with Crippen LogP contribution in [0.3, 0.4) is 0 Å². The van der Waals surface area contributed by atoms with Gasteiger partial charge in [-0.15, -0.1) is 0 Å². The van der Waals surface area contributed by atoms with E-state index in [1.165, 1.54) is 6.92 Å². The van der Waals surface area contributed by atoms with Gasteiger partial charge in [-0.05, 0) is 30.5 Å². The van der Waals surface area contributed by atoms with Gasteiger partial charge in [0.05, 0.1) is 19.8 Å². The summed E-state index contributed by atoms with van der Waals surface area (Å²) in [4.78, 5) is 11.5. The van der Waals surface area contributed by atoms with E-state index in [9.17, 15) is 4.79 Å². The van der Waals surface area contributed by atoms with Crippen molar-refractivity contribution in [2.45, 2.75) is 6.92 Å². The molecule has 2 rings (SSSR count). The predicted octanol–water partition coefficient (Wildman–Crippen LogP) is 3.06. The average molecular weight is 230 g/mol. The molecule has 3 nitrogen and oxygen atoms in total. The Bertz CT molecular complexity index is 573. The molecule has 2 aromatic rings. The van der Waals surface area contributed by atoms with Gasteiger partial charge >= 0.3 is 0 Å². The van der Waals surface area contributed by atoms with Crippen molar-refractivity contribution in [3.8, 4) is 11.5 Å². The Labute approximate surface area is 100.0 Å². The van der Waals surface area contributed by atoms with Crippen molar-refractivity contribution in [3.05, 3.63) is 35.9 Å². The van der Waals surface area contributed by atoms with E-state index in [0.29, 0.717) is 11.3 Å². The number of fused-ring (bicyclic) bond motifs is 1. The summed E-state index contributed by atoms with van der Waals surface area (Å²) in [5.74, 6) is 1.34. The van der Waals surface area contributed by atoms with Gasteiger partial charge in [0.2, 0.25) is 0 Å². The Kier molecular flexibility index (Phi) is 3.00. The molecule has 3 heteroatoms. The van der Waals surface area contributed by atoms with Gasteiger partial charge in [0.25, 0.3) is 0 Å². The second-order valence-electron chi connectivity index (χ2n) is 3.79. The van der Waals surface area contributed by atoms with Crippen LogP contribution in [0.25, 0.3) is 10.8 Å². The smallest absolute Gasteiger partial charge is 0.163 e. The van der Waals surface area contributed by atoms with Crippen LogP contribution < -0.4 is 9.47 Å². The quantitative estimate of drug-likeness (QED) is 0.760. The zero-order valence-electron chi connectivity index (χ0n) is 10.1. The van der Waals surface area contributed by atoms with E-state index < -0.39 is 0 Å². The van der Waals surface area contributed by atoms with Crippen LogP contribution in [0.5, 0.6) is 11.5 Å². The molecule has 0 atom stereocenters. The largest absolute Gasteiger partial charge is 0.497 e. The Morgan fingerprint density at radius 3 is 2.35 bits per heavy atom. The van der Waals surface area contributed by atoms with Gasteiger partial charge in [-0.3, -0.25) is 4.79 Å². The number of ketones is 1. The molecule has 0 N–H and O–H groups in total. The van der Waals surface area contributed by atoms with Crippen LogP contribution in [0.2, 0.25) is 0 Å². The van der Waals surface area contributed by atoms with E-state index in [-0.39, 0.29) is 5.78 Å². The second-order valence-corrected chi connectivity index (χ2v) is 3.79. The molecule has 0 aliphatic heterocycles. The van der Waals surface area contributed by atoms with Crippen molar-refractivity contribution < 1.29 is 14.3 Å². The molecule has 0 aromatic heterocycles. The van der Waals surface area contributed by atoms with E-state index in [4.69, 9.17) is 9.47 Å². The monoisotopic (exact) mass is 230 g/mol. The van der Waals surface area contributed by atoms with Crippen LogP contribution in [-0.4, -0.2) is 20.0 Å². The summed E-state index contributed by atoms with van der Waals surface area (Å²) in [5, 5.41) is 1.91. The van der Waals surface area contributed by atoms with E-state index in [0.717, 1.165) is 16.5 Å². The first kappa shape index (κ1) is 11.5. The molecule has 0 heterocycles. The third-order valence-corrected chi connectivity index (χ3v) is 2.76. The molecule has 0 bridgehead atoms. The molecule has 0 radical (unpaired) electrons. The Hall–Kier alpha value is -2.03. The number of ether oxygens (including phenoxy) is 2. The maximum atomic E-state index is 11.5. The van der Waals surface area contributed by atoms with Gasteiger partial charge in [-0.25, -0.2) is 0 Å². The number of methoxy groups -OCH3 is 2. The van der Waals surface area contributed by atoms with E-state index >= 15 is 0 Å². The summed E-state index contributed by atoms with van der Waals surface area (Å²) in [6.07, 6.45) is 0. The van der Waals surface area contributed by atoms with Gasteiger partial charge in [0.15, 0.2) is 5.78 Å². The zero-order chi connectivity index (χ0) is 12.4. The van der Waals surface area contributed by atoms with Crippen LogP contribution in [0.1, 0.15) is 17.3 Å². The Morgan fingerprint density at radius 1 is 1.06 bits per heavy atom. The minimum atomic E-state index is -0.00781. The van der Waals surface area contributed by atoms with Gasteiger partial charge in [-0.2, -0.15) is 0 Å². The number of carbonyl (C=O) groups is 1. The number of benzene rings is 2. The van der Waals surface area contributed by atoms with Gasteiger partial charge in [-0.1, -0.05) is 12.1 Å². The molecule has 0 saturated carbocycles. The maximum Gasteiger partial charge on any atom is 0.163 e. The summed E-state index contributed by atoms with van der Waals surface area (Å²) in [6, 6.07) is 9.40. The molecule has 88 valence electrons. The molecule has 0 spiro atoms. The van der Waals surface area contributed by atoms with Crippen molar-refractivity contribution in [3.63, 3.8) is 0 Å². The summed E-state index contributed by atoms with van der Waals surface area (Å²) >= 11 is 0.